The molecule has 0 aromatic heterocycles. The Morgan fingerprint density at radius 1 is 1.78 bits per heavy atom. The van der Waals surface area contributed by atoms with E-state index in [0.717, 1.165) is 6.42 Å². The zero-order valence-corrected chi connectivity index (χ0v) is 5.59. The highest BCUT2D eigenvalue weighted by Gasteiger charge is 2.22. The topological polar surface area (TPSA) is 70.0 Å². The molecule has 3 nitrogen and oxygen atoms in total. The van der Waals surface area contributed by atoms with E-state index in [1.54, 1.807) is 6.07 Å². The van der Waals surface area contributed by atoms with Gasteiger partial charge in [-0.15, -0.1) is 0 Å². The van der Waals surface area contributed by atoms with Crippen molar-refractivity contribution in [2.45, 2.75) is 25.4 Å². The van der Waals surface area contributed by atoms with Crippen LogP contribution in [-0.4, -0.2) is 17.3 Å². The van der Waals surface area contributed by atoms with Gasteiger partial charge in [0.25, 0.3) is 0 Å². The maximum absolute atomic E-state index is 9.14. The van der Waals surface area contributed by atoms with Gasteiger partial charge < -0.3 is 10.8 Å². The van der Waals surface area contributed by atoms with Crippen LogP contribution in [-0.2, 0) is 0 Å². The lowest BCUT2D eigenvalue weighted by atomic mass is 10.0. The molecule has 0 aromatic carbocycles. The predicted octanol–water partition coefficient (Wildman–Crippen LogP) is -0.000120. The molecule has 0 saturated heterocycles. The molecule has 0 amide bonds. The maximum atomic E-state index is 9.14. The van der Waals surface area contributed by atoms with E-state index in [4.69, 9.17) is 16.1 Å². The maximum Gasteiger partial charge on any atom is 0.163 e. The normalized spacial score (nSPS) is 16.2. The Labute approximate surface area is 55.1 Å². The van der Waals surface area contributed by atoms with Crippen molar-refractivity contribution in [3.05, 3.63) is 0 Å². The van der Waals surface area contributed by atoms with E-state index in [0.29, 0.717) is 6.42 Å². The van der Waals surface area contributed by atoms with Gasteiger partial charge in [0.1, 0.15) is 0 Å². The summed E-state index contributed by atoms with van der Waals surface area (Å²) in [6.45, 7) is 1.93. The smallest absolute Gasteiger partial charge is 0.163 e. The molecular weight excluding hydrogens is 116 g/mol. The first kappa shape index (κ1) is 8.41. The summed E-state index contributed by atoms with van der Waals surface area (Å²) in [7, 11) is 0. The third-order valence-corrected chi connectivity index (χ3v) is 1.21. The Morgan fingerprint density at radius 3 is 2.44 bits per heavy atom. The number of hydrogen-bond acceptors (Lipinski definition) is 3. The van der Waals surface area contributed by atoms with Crippen molar-refractivity contribution in [3.8, 4) is 6.07 Å². The monoisotopic (exact) mass is 128 g/mol. The first-order valence-electron chi connectivity index (χ1n) is 3.02. The van der Waals surface area contributed by atoms with Crippen molar-refractivity contribution < 1.29 is 5.11 Å². The SMILES string of the molecule is CCCC(O)(C#N)CN. The Hall–Kier alpha value is -0.590. The highest BCUT2D eigenvalue weighted by Crippen LogP contribution is 2.08. The lowest BCUT2D eigenvalue weighted by molar-refractivity contribution is 0.0975. The van der Waals surface area contributed by atoms with Gasteiger partial charge >= 0.3 is 0 Å². The predicted molar refractivity (Wildman–Crippen MR) is 34.5 cm³/mol. The van der Waals surface area contributed by atoms with Gasteiger partial charge in [-0.05, 0) is 6.42 Å². The fourth-order valence-corrected chi connectivity index (χ4v) is 0.617. The summed E-state index contributed by atoms with van der Waals surface area (Å²) in [4.78, 5) is 0. The van der Waals surface area contributed by atoms with E-state index in [1.807, 2.05) is 6.92 Å². The summed E-state index contributed by atoms with van der Waals surface area (Å²) in [5.41, 5.74) is 3.85. The molecule has 1 unspecified atom stereocenters. The van der Waals surface area contributed by atoms with Crippen molar-refractivity contribution in [1.82, 2.24) is 0 Å². The lowest BCUT2D eigenvalue weighted by Crippen LogP contribution is -2.35. The first-order chi connectivity index (χ1) is 4.18. The summed E-state index contributed by atoms with van der Waals surface area (Å²) in [5.74, 6) is 0. The molecule has 0 rings (SSSR count). The van der Waals surface area contributed by atoms with Crippen LogP contribution in [0.2, 0.25) is 0 Å². The zero-order valence-electron chi connectivity index (χ0n) is 5.59. The van der Waals surface area contributed by atoms with Crippen molar-refractivity contribution in [1.29, 1.82) is 5.26 Å². The molecule has 0 aliphatic rings. The molecule has 3 heteroatoms. The molecule has 3 N–H and O–H groups in total. The molecule has 1 atom stereocenters. The van der Waals surface area contributed by atoms with E-state index in [1.165, 1.54) is 0 Å². The van der Waals surface area contributed by atoms with Crippen molar-refractivity contribution in [2.75, 3.05) is 6.54 Å². The van der Waals surface area contributed by atoms with E-state index < -0.39 is 5.60 Å². The van der Waals surface area contributed by atoms with Gasteiger partial charge in [0, 0.05) is 6.54 Å². The van der Waals surface area contributed by atoms with Gasteiger partial charge in [-0.25, -0.2) is 0 Å². The minimum Gasteiger partial charge on any atom is -0.374 e. The van der Waals surface area contributed by atoms with Crippen LogP contribution in [0.25, 0.3) is 0 Å². The largest absolute Gasteiger partial charge is 0.374 e. The van der Waals surface area contributed by atoms with E-state index >= 15 is 0 Å². The molecule has 0 fully saturated rings. The van der Waals surface area contributed by atoms with Crippen LogP contribution in [0.1, 0.15) is 19.8 Å². The van der Waals surface area contributed by atoms with Crippen LogP contribution in [0.15, 0.2) is 0 Å². The van der Waals surface area contributed by atoms with Crippen molar-refractivity contribution in [2.24, 2.45) is 5.73 Å². The molecular formula is C6H12N2O. The highest BCUT2D eigenvalue weighted by atomic mass is 16.3. The highest BCUT2D eigenvalue weighted by molar-refractivity contribution is 5.00. The molecule has 0 spiro atoms. The van der Waals surface area contributed by atoms with Gasteiger partial charge in [0.05, 0.1) is 6.07 Å². The van der Waals surface area contributed by atoms with Crippen LogP contribution < -0.4 is 5.73 Å². The fourth-order valence-electron chi connectivity index (χ4n) is 0.617. The van der Waals surface area contributed by atoms with E-state index in [-0.39, 0.29) is 6.54 Å². The Kier molecular flexibility index (Phi) is 3.21. The summed E-state index contributed by atoms with van der Waals surface area (Å²) in [6.07, 6.45) is 1.24. The quantitative estimate of drug-likeness (QED) is 0.525. The number of nitriles is 1. The minimum atomic E-state index is -1.28. The van der Waals surface area contributed by atoms with Crippen LogP contribution >= 0.6 is 0 Å². The first-order valence-corrected chi connectivity index (χ1v) is 3.02. The third kappa shape index (κ3) is 2.45. The van der Waals surface area contributed by atoms with Crippen LogP contribution in [0.5, 0.6) is 0 Å². The summed E-state index contributed by atoms with van der Waals surface area (Å²) in [5, 5.41) is 17.5. The van der Waals surface area contributed by atoms with Crippen LogP contribution in [0, 0.1) is 11.3 Å². The van der Waals surface area contributed by atoms with Gasteiger partial charge in [-0.3, -0.25) is 0 Å². The van der Waals surface area contributed by atoms with Crippen molar-refractivity contribution in [3.63, 3.8) is 0 Å². The van der Waals surface area contributed by atoms with E-state index in [9.17, 15) is 0 Å². The molecule has 0 aromatic rings. The second-order valence-corrected chi connectivity index (χ2v) is 2.10. The summed E-state index contributed by atoms with van der Waals surface area (Å²) < 4.78 is 0. The Morgan fingerprint density at radius 2 is 2.33 bits per heavy atom. The molecule has 0 saturated carbocycles. The fraction of sp³-hybridized carbons (Fsp3) is 0.833. The lowest BCUT2D eigenvalue weighted by Gasteiger charge is -2.15. The molecule has 9 heavy (non-hydrogen) atoms. The van der Waals surface area contributed by atoms with E-state index in [2.05, 4.69) is 0 Å². The minimum absolute atomic E-state index is 0.0251. The number of nitrogens with two attached hydrogens (primary N) is 1. The van der Waals surface area contributed by atoms with Gasteiger partial charge in [-0.2, -0.15) is 5.26 Å². The standard InChI is InChI=1S/C6H12N2O/c1-2-3-6(9,4-7)5-8/h9H,2-4,7H2,1H3. The van der Waals surface area contributed by atoms with Gasteiger partial charge in [0.15, 0.2) is 5.60 Å². The molecule has 0 radical (unpaired) electrons. The second kappa shape index (κ2) is 3.44. The molecule has 0 bridgehead atoms. The Bertz CT molecular complexity index is 119. The number of nitrogens with zero attached hydrogens (tertiary/aromatic N) is 1. The molecule has 52 valence electrons. The van der Waals surface area contributed by atoms with Crippen LogP contribution in [0.3, 0.4) is 0 Å². The van der Waals surface area contributed by atoms with Gasteiger partial charge in [0.2, 0.25) is 0 Å². The average Bonchev–Trinajstić information content (AvgIpc) is 1.89. The Balaban J connectivity index is 3.81. The molecule has 0 aliphatic carbocycles. The number of hydrogen-bond donors (Lipinski definition) is 2. The van der Waals surface area contributed by atoms with Crippen LogP contribution in [0.4, 0.5) is 0 Å². The summed E-state index contributed by atoms with van der Waals surface area (Å²) >= 11 is 0. The molecule has 0 aliphatic heterocycles. The number of rotatable bonds is 3. The number of aliphatic hydroxyl groups is 1. The summed E-state index contributed by atoms with van der Waals surface area (Å²) in [6, 6.07) is 1.76. The van der Waals surface area contributed by atoms with Gasteiger partial charge in [-0.1, -0.05) is 13.3 Å². The third-order valence-electron chi connectivity index (χ3n) is 1.21. The van der Waals surface area contributed by atoms with Crippen molar-refractivity contribution >= 4 is 0 Å². The second-order valence-electron chi connectivity index (χ2n) is 2.10. The molecule has 0 heterocycles. The average molecular weight is 128 g/mol. The zero-order chi connectivity index (χ0) is 7.33.